The third-order valence-electron chi connectivity index (χ3n) is 2.28. The Labute approximate surface area is 111 Å². The number of nitrogens with zero attached hydrogens (tertiary/aromatic N) is 1. The van der Waals surface area contributed by atoms with E-state index in [0.29, 0.717) is 5.03 Å². The first-order chi connectivity index (χ1) is 8.27. The fraction of sp³-hybridized carbons (Fsp3) is 0.0714. The van der Waals surface area contributed by atoms with Crippen molar-refractivity contribution in [3.63, 3.8) is 0 Å². The quantitative estimate of drug-likeness (QED) is 0.747. The number of thioether (sulfide) groups is 1. The Kier molecular flexibility index (Phi) is 4.24. The van der Waals surface area contributed by atoms with Gasteiger partial charge in [0.25, 0.3) is 0 Å². The highest BCUT2D eigenvalue weighted by atomic mass is 35.5. The maximum Gasteiger partial charge on any atom is 0.105 e. The van der Waals surface area contributed by atoms with Crippen LogP contribution < -0.4 is 0 Å². The van der Waals surface area contributed by atoms with Gasteiger partial charge in [0.15, 0.2) is 0 Å². The summed E-state index contributed by atoms with van der Waals surface area (Å²) in [7, 11) is 0. The van der Waals surface area contributed by atoms with Gasteiger partial charge in [0, 0.05) is 22.5 Å². The lowest BCUT2D eigenvalue weighted by Crippen LogP contribution is -1.88. The van der Waals surface area contributed by atoms with E-state index in [9.17, 15) is 0 Å². The molecule has 0 saturated carbocycles. The number of rotatable bonds is 4. The van der Waals surface area contributed by atoms with Crippen LogP contribution in [0.5, 0.6) is 0 Å². The fourth-order valence-corrected chi connectivity index (χ4v) is 2.62. The van der Waals surface area contributed by atoms with Gasteiger partial charge in [-0.2, -0.15) is 0 Å². The molecule has 3 heteroatoms. The average molecular weight is 262 g/mol. The molecule has 0 atom stereocenters. The number of benzene rings is 1. The zero-order chi connectivity index (χ0) is 12.1. The molecule has 1 aromatic heterocycles. The molecule has 0 bridgehead atoms. The van der Waals surface area contributed by atoms with Crippen molar-refractivity contribution in [2.24, 2.45) is 0 Å². The van der Waals surface area contributed by atoms with Crippen LogP contribution in [0.1, 0.15) is 11.1 Å². The van der Waals surface area contributed by atoms with Crippen LogP contribution in [0.15, 0.2) is 60.3 Å². The van der Waals surface area contributed by atoms with Crippen molar-refractivity contribution in [2.45, 2.75) is 10.8 Å². The van der Waals surface area contributed by atoms with Gasteiger partial charge in [0.2, 0.25) is 0 Å². The van der Waals surface area contributed by atoms with Crippen molar-refractivity contribution >= 4 is 28.4 Å². The highest BCUT2D eigenvalue weighted by Crippen LogP contribution is 2.29. The molecule has 2 aromatic rings. The first-order valence-electron chi connectivity index (χ1n) is 5.24. The Hall–Kier alpha value is -1.25. The molecule has 0 fully saturated rings. The minimum atomic E-state index is 0.536. The topological polar surface area (TPSA) is 12.9 Å². The number of hydrogen-bond donors (Lipinski definition) is 0. The maximum absolute atomic E-state index is 5.94. The van der Waals surface area contributed by atoms with Gasteiger partial charge in [-0.05, 0) is 17.7 Å². The summed E-state index contributed by atoms with van der Waals surface area (Å²) >= 11 is 7.61. The molecule has 0 spiro atoms. The zero-order valence-corrected chi connectivity index (χ0v) is 10.8. The van der Waals surface area contributed by atoms with Crippen LogP contribution in [-0.4, -0.2) is 4.98 Å². The second-order valence-electron chi connectivity index (χ2n) is 3.54. The molecule has 0 saturated heterocycles. The highest BCUT2D eigenvalue weighted by Gasteiger charge is 2.05. The van der Waals surface area contributed by atoms with Gasteiger partial charge in [-0.1, -0.05) is 48.5 Å². The summed E-state index contributed by atoms with van der Waals surface area (Å²) in [5, 5.41) is 1.46. The molecule has 1 heterocycles. The summed E-state index contributed by atoms with van der Waals surface area (Å²) in [5.41, 5.74) is 2.18. The molecule has 0 N–H and O–H groups in total. The number of pyridine rings is 1. The first kappa shape index (κ1) is 12.2. The molecule has 2 rings (SSSR count). The van der Waals surface area contributed by atoms with E-state index in [4.69, 9.17) is 11.6 Å². The monoisotopic (exact) mass is 261 g/mol. The summed E-state index contributed by atoms with van der Waals surface area (Å²) in [6, 6.07) is 14.1. The van der Waals surface area contributed by atoms with Crippen LogP contribution in [-0.2, 0) is 5.75 Å². The second-order valence-corrected chi connectivity index (χ2v) is 4.96. The average Bonchev–Trinajstić information content (AvgIpc) is 2.38. The van der Waals surface area contributed by atoms with Crippen molar-refractivity contribution in [1.29, 1.82) is 0 Å². The molecular weight excluding hydrogens is 250 g/mol. The van der Waals surface area contributed by atoms with Gasteiger partial charge in [0.05, 0.1) is 0 Å². The van der Waals surface area contributed by atoms with Crippen molar-refractivity contribution in [3.8, 4) is 0 Å². The Bertz CT molecular complexity index is 511. The molecule has 0 aliphatic carbocycles. The van der Waals surface area contributed by atoms with Gasteiger partial charge >= 0.3 is 0 Å². The van der Waals surface area contributed by atoms with E-state index in [1.807, 2.05) is 30.3 Å². The summed E-state index contributed by atoms with van der Waals surface area (Å²) < 4.78 is 0. The smallest absolute Gasteiger partial charge is 0.105 e. The molecule has 1 nitrogen and oxygen atoms in total. The molecule has 0 radical (unpaired) electrons. The Morgan fingerprint density at radius 1 is 1.18 bits per heavy atom. The van der Waals surface area contributed by atoms with E-state index < -0.39 is 0 Å². The molecule has 17 heavy (non-hydrogen) atoms. The summed E-state index contributed by atoms with van der Waals surface area (Å²) in [4.78, 5) is 4.33. The predicted molar refractivity (Wildman–Crippen MR) is 75.1 cm³/mol. The van der Waals surface area contributed by atoms with E-state index in [2.05, 4.69) is 23.7 Å². The summed E-state index contributed by atoms with van der Waals surface area (Å²) in [6.45, 7) is 3.75. The standard InChI is InChI=1S/C14H12ClNS/c1-11(15)13-8-5-9-16-14(13)17-10-12-6-3-2-4-7-12/h2-9H,1,10H2. The normalized spacial score (nSPS) is 10.2. The zero-order valence-electron chi connectivity index (χ0n) is 9.27. The minimum Gasteiger partial charge on any atom is -0.249 e. The fourth-order valence-electron chi connectivity index (χ4n) is 1.44. The molecular formula is C14H12ClNS. The molecule has 0 amide bonds. The Morgan fingerprint density at radius 3 is 2.65 bits per heavy atom. The molecule has 0 aliphatic rings. The number of aromatic nitrogens is 1. The first-order valence-corrected chi connectivity index (χ1v) is 6.60. The van der Waals surface area contributed by atoms with E-state index >= 15 is 0 Å². The van der Waals surface area contributed by atoms with E-state index in [1.165, 1.54) is 5.56 Å². The number of halogens is 1. The van der Waals surface area contributed by atoms with Crippen molar-refractivity contribution < 1.29 is 0 Å². The third-order valence-corrected chi connectivity index (χ3v) is 3.56. The third kappa shape index (κ3) is 3.35. The maximum atomic E-state index is 5.94. The summed E-state index contributed by atoms with van der Waals surface area (Å²) in [6.07, 6.45) is 1.77. The predicted octanol–water partition coefficient (Wildman–Crippen LogP) is 4.58. The van der Waals surface area contributed by atoms with E-state index in [0.717, 1.165) is 16.3 Å². The highest BCUT2D eigenvalue weighted by molar-refractivity contribution is 7.98. The van der Waals surface area contributed by atoms with Crippen LogP contribution in [0.2, 0.25) is 0 Å². The van der Waals surface area contributed by atoms with Crippen LogP contribution in [0, 0.1) is 0 Å². The van der Waals surface area contributed by atoms with Crippen LogP contribution in [0.4, 0.5) is 0 Å². The van der Waals surface area contributed by atoms with Crippen LogP contribution in [0.25, 0.3) is 5.03 Å². The van der Waals surface area contributed by atoms with Crippen molar-refractivity contribution in [1.82, 2.24) is 4.98 Å². The molecule has 1 aromatic carbocycles. The Morgan fingerprint density at radius 2 is 1.94 bits per heavy atom. The minimum absolute atomic E-state index is 0.536. The SMILES string of the molecule is C=C(Cl)c1cccnc1SCc1ccccc1. The summed E-state index contributed by atoms with van der Waals surface area (Å²) in [5.74, 6) is 0.884. The van der Waals surface area contributed by atoms with Crippen LogP contribution in [0.3, 0.4) is 0 Å². The molecule has 86 valence electrons. The van der Waals surface area contributed by atoms with Gasteiger partial charge in [-0.25, -0.2) is 4.98 Å². The van der Waals surface area contributed by atoms with E-state index in [-0.39, 0.29) is 0 Å². The Balaban J connectivity index is 2.12. The molecule has 0 unspecified atom stereocenters. The lowest BCUT2D eigenvalue weighted by Gasteiger charge is -2.06. The lowest BCUT2D eigenvalue weighted by molar-refractivity contribution is 1.12. The van der Waals surface area contributed by atoms with Gasteiger partial charge < -0.3 is 0 Å². The lowest BCUT2D eigenvalue weighted by atomic mass is 10.2. The largest absolute Gasteiger partial charge is 0.249 e. The molecule has 0 aliphatic heterocycles. The van der Waals surface area contributed by atoms with Gasteiger partial charge in [-0.15, -0.1) is 11.8 Å². The van der Waals surface area contributed by atoms with Gasteiger partial charge in [0.1, 0.15) is 5.03 Å². The van der Waals surface area contributed by atoms with Crippen LogP contribution >= 0.6 is 23.4 Å². The second kappa shape index (κ2) is 5.89. The number of hydrogen-bond acceptors (Lipinski definition) is 2. The van der Waals surface area contributed by atoms with E-state index in [1.54, 1.807) is 18.0 Å². The van der Waals surface area contributed by atoms with Crippen molar-refractivity contribution in [2.75, 3.05) is 0 Å². The van der Waals surface area contributed by atoms with Gasteiger partial charge in [-0.3, -0.25) is 0 Å². The van der Waals surface area contributed by atoms with Crippen molar-refractivity contribution in [3.05, 3.63) is 66.4 Å².